The molecule has 0 saturated heterocycles. The van der Waals surface area contributed by atoms with Crippen LogP contribution < -0.4 is 15.4 Å². The molecule has 3 N–H and O–H groups in total. The normalized spacial score (nSPS) is 12.4. The number of amides is 2. The number of benzene rings is 3. The Hall–Kier alpha value is -4.05. The van der Waals surface area contributed by atoms with Crippen LogP contribution in [0, 0.1) is 6.92 Å². The summed E-state index contributed by atoms with van der Waals surface area (Å²) in [5.74, 6) is 0.232. The summed E-state index contributed by atoms with van der Waals surface area (Å²) >= 11 is 1.51. The first-order valence-electron chi connectivity index (χ1n) is 13.5. The molecule has 0 bridgehead atoms. The lowest BCUT2D eigenvalue weighted by molar-refractivity contribution is 0.0784. The van der Waals surface area contributed by atoms with Crippen molar-refractivity contribution in [3.05, 3.63) is 117 Å². The van der Waals surface area contributed by atoms with E-state index in [-0.39, 0.29) is 18.4 Å². The van der Waals surface area contributed by atoms with Gasteiger partial charge in [-0.2, -0.15) is 0 Å². The van der Waals surface area contributed by atoms with Crippen molar-refractivity contribution in [1.82, 2.24) is 20.5 Å². The van der Waals surface area contributed by atoms with E-state index >= 15 is 0 Å². The first-order valence-corrected chi connectivity index (χ1v) is 14.3. The van der Waals surface area contributed by atoms with Gasteiger partial charge in [-0.1, -0.05) is 48.5 Å². The maximum atomic E-state index is 13.4. The number of aliphatic hydroxyl groups is 1. The molecule has 4 aromatic rings. The number of carbonyl (C=O) groups is 2. The second-order valence-electron chi connectivity index (χ2n) is 9.94. The quantitative estimate of drug-likeness (QED) is 0.222. The average Bonchev–Trinajstić information content (AvgIpc) is 3.41. The van der Waals surface area contributed by atoms with Gasteiger partial charge in [-0.25, -0.2) is 4.98 Å². The lowest BCUT2D eigenvalue weighted by atomic mass is 10.00. The van der Waals surface area contributed by atoms with E-state index in [1.807, 2.05) is 66.9 Å². The Kier molecular flexibility index (Phi) is 10.6. The monoisotopic (exact) mass is 572 g/mol. The summed E-state index contributed by atoms with van der Waals surface area (Å²) in [6.07, 6.45) is -0.401. The smallest absolute Gasteiger partial charge is 0.253 e. The van der Waals surface area contributed by atoms with E-state index in [0.29, 0.717) is 30.6 Å². The molecule has 214 valence electrons. The number of nitrogens with zero attached hydrogens (tertiary/aromatic N) is 2. The van der Waals surface area contributed by atoms with E-state index in [1.54, 1.807) is 43.3 Å². The molecule has 0 fully saturated rings. The SMILES string of the molecule is COc1ccc(CNC[C@@H](O)[C@H](Cc2ccccc2)NC(=O)c2cccc(C(=O)N(C)Cc3nc(C)cs3)c2)cc1. The van der Waals surface area contributed by atoms with Gasteiger partial charge in [0.25, 0.3) is 11.8 Å². The van der Waals surface area contributed by atoms with Gasteiger partial charge in [0.2, 0.25) is 0 Å². The van der Waals surface area contributed by atoms with Crippen molar-refractivity contribution in [3.8, 4) is 5.75 Å². The van der Waals surface area contributed by atoms with Gasteiger partial charge in [0.1, 0.15) is 10.8 Å². The topological polar surface area (TPSA) is 104 Å². The van der Waals surface area contributed by atoms with Crippen LogP contribution in [-0.2, 0) is 19.5 Å². The third-order valence-electron chi connectivity index (χ3n) is 6.68. The molecule has 9 heteroatoms. The van der Waals surface area contributed by atoms with Gasteiger partial charge < -0.3 is 25.4 Å². The van der Waals surface area contributed by atoms with Gasteiger partial charge in [0.15, 0.2) is 0 Å². The molecule has 0 aliphatic rings. The fraction of sp³-hybridized carbons (Fsp3) is 0.281. The van der Waals surface area contributed by atoms with Gasteiger partial charge in [-0.15, -0.1) is 11.3 Å². The third-order valence-corrected chi connectivity index (χ3v) is 7.63. The van der Waals surface area contributed by atoms with Crippen LogP contribution in [0.25, 0.3) is 0 Å². The second-order valence-corrected chi connectivity index (χ2v) is 10.9. The Labute approximate surface area is 245 Å². The van der Waals surface area contributed by atoms with E-state index in [0.717, 1.165) is 27.6 Å². The highest BCUT2D eigenvalue weighted by Gasteiger charge is 2.23. The second kappa shape index (κ2) is 14.5. The lowest BCUT2D eigenvalue weighted by Crippen LogP contribution is -2.48. The summed E-state index contributed by atoms with van der Waals surface area (Å²) < 4.78 is 5.21. The highest BCUT2D eigenvalue weighted by molar-refractivity contribution is 7.09. The predicted octanol–water partition coefficient (Wildman–Crippen LogP) is 4.22. The van der Waals surface area contributed by atoms with Gasteiger partial charge in [0, 0.05) is 42.3 Å². The van der Waals surface area contributed by atoms with Crippen LogP contribution in [0.5, 0.6) is 5.75 Å². The Morgan fingerprint density at radius 3 is 2.41 bits per heavy atom. The molecular weight excluding hydrogens is 536 g/mol. The van der Waals surface area contributed by atoms with Crippen molar-refractivity contribution in [2.24, 2.45) is 0 Å². The van der Waals surface area contributed by atoms with E-state index in [2.05, 4.69) is 15.6 Å². The van der Waals surface area contributed by atoms with Crippen molar-refractivity contribution in [3.63, 3.8) is 0 Å². The largest absolute Gasteiger partial charge is 0.497 e. The molecule has 2 atom stereocenters. The molecule has 0 spiro atoms. The van der Waals surface area contributed by atoms with Crippen molar-refractivity contribution in [1.29, 1.82) is 0 Å². The van der Waals surface area contributed by atoms with Gasteiger partial charge in [0.05, 0.1) is 25.8 Å². The zero-order chi connectivity index (χ0) is 29.2. The standard InChI is InChI=1S/C32H36N4O4S/c1-22-21-41-30(34-22)20-36(2)32(39)26-11-7-10-25(17-26)31(38)35-28(16-23-8-5-4-6-9-23)29(37)19-33-18-24-12-14-27(40-3)15-13-24/h4-15,17,21,28-29,33,37H,16,18-20H2,1-3H3,(H,35,38)/t28-,29+/m0/s1. The molecule has 1 heterocycles. The lowest BCUT2D eigenvalue weighted by Gasteiger charge is -2.25. The van der Waals surface area contributed by atoms with Crippen LogP contribution in [0.15, 0.2) is 84.2 Å². The number of methoxy groups -OCH3 is 1. The Bertz CT molecular complexity index is 1430. The summed E-state index contributed by atoms with van der Waals surface area (Å²) in [7, 11) is 3.35. The number of hydrogen-bond donors (Lipinski definition) is 3. The van der Waals surface area contributed by atoms with E-state index in [1.165, 1.54) is 11.3 Å². The van der Waals surface area contributed by atoms with Crippen LogP contribution in [0.4, 0.5) is 0 Å². The molecule has 41 heavy (non-hydrogen) atoms. The predicted molar refractivity (Wildman–Crippen MR) is 161 cm³/mol. The fourth-order valence-electron chi connectivity index (χ4n) is 4.42. The van der Waals surface area contributed by atoms with Crippen LogP contribution in [0.3, 0.4) is 0 Å². The highest BCUT2D eigenvalue weighted by Crippen LogP contribution is 2.15. The summed E-state index contributed by atoms with van der Waals surface area (Å²) in [5.41, 5.74) is 3.74. The maximum absolute atomic E-state index is 13.4. The first-order chi connectivity index (χ1) is 19.8. The van der Waals surface area contributed by atoms with Crippen LogP contribution in [0.1, 0.15) is 42.5 Å². The average molecular weight is 573 g/mol. The minimum atomic E-state index is -0.852. The summed E-state index contributed by atoms with van der Waals surface area (Å²) in [4.78, 5) is 32.5. The first kappa shape index (κ1) is 29.9. The van der Waals surface area contributed by atoms with Crippen molar-refractivity contribution >= 4 is 23.2 Å². The minimum Gasteiger partial charge on any atom is -0.497 e. The zero-order valence-corrected chi connectivity index (χ0v) is 24.4. The number of aliphatic hydroxyl groups excluding tert-OH is 1. The summed E-state index contributed by atoms with van der Waals surface area (Å²) in [5, 5.41) is 20.2. The number of nitrogens with one attached hydrogen (secondary N) is 2. The van der Waals surface area contributed by atoms with Crippen molar-refractivity contribution in [2.45, 2.75) is 38.6 Å². The zero-order valence-electron chi connectivity index (χ0n) is 23.5. The van der Waals surface area contributed by atoms with Crippen molar-refractivity contribution in [2.75, 3.05) is 20.7 Å². The third kappa shape index (κ3) is 8.72. The maximum Gasteiger partial charge on any atom is 0.253 e. The van der Waals surface area contributed by atoms with Crippen molar-refractivity contribution < 1.29 is 19.4 Å². The Balaban J connectivity index is 1.41. The van der Waals surface area contributed by atoms with Crippen LogP contribution in [0.2, 0.25) is 0 Å². The molecule has 0 aliphatic carbocycles. The molecule has 2 amide bonds. The Morgan fingerprint density at radius 2 is 1.73 bits per heavy atom. The molecular formula is C32H36N4O4S. The van der Waals surface area contributed by atoms with Gasteiger partial charge in [-0.3, -0.25) is 9.59 Å². The fourth-order valence-corrected chi connectivity index (χ4v) is 5.24. The van der Waals surface area contributed by atoms with E-state index in [4.69, 9.17) is 4.74 Å². The number of thiazole rings is 1. The summed E-state index contributed by atoms with van der Waals surface area (Å²) in [6, 6.07) is 23.5. The number of aryl methyl sites for hydroxylation is 1. The number of carbonyl (C=O) groups excluding carboxylic acids is 2. The van der Waals surface area contributed by atoms with E-state index < -0.39 is 12.1 Å². The summed E-state index contributed by atoms with van der Waals surface area (Å²) in [6.45, 7) is 3.15. The van der Waals surface area contributed by atoms with Gasteiger partial charge in [-0.05, 0) is 54.8 Å². The number of ether oxygens (including phenoxy) is 1. The van der Waals surface area contributed by atoms with E-state index in [9.17, 15) is 14.7 Å². The van der Waals surface area contributed by atoms with Crippen LogP contribution in [-0.4, -0.2) is 59.7 Å². The number of aromatic nitrogens is 1. The molecule has 0 aliphatic heterocycles. The number of rotatable bonds is 13. The molecule has 0 radical (unpaired) electrons. The molecule has 4 rings (SSSR count). The Morgan fingerprint density at radius 1 is 1.00 bits per heavy atom. The van der Waals surface area contributed by atoms with Crippen LogP contribution >= 0.6 is 11.3 Å². The highest BCUT2D eigenvalue weighted by atomic mass is 32.1. The minimum absolute atomic E-state index is 0.198. The number of hydrogen-bond acceptors (Lipinski definition) is 7. The molecule has 0 unspecified atom stereocenters. The molecule has 8 nitrogen and oxygen atoms in total. The molecule has 0 saturated carbocycles. The van der Waals surface area contributed by atoms with Gasteiger partial charge >= 0.3 is 0 Å². The molecule has 1 aromatic heterocycles. The molecule has 3 aromatic carbocycles.